The monoisotopic (exact) mass is 316 g/mol. The molecular weight excluding hydrogens is 296 g/mol. The zero-order valence-electron chi connectivity index (χ0n) is 12.3. The maximum absolute atomic E-state index is 12.3. The van der Waals surface area contributed by atoms with Crippen molar-refractivity contribution in [3.05, 3.63) is 52.5 Å². The summed E-state index contributed by atoms with van der Waals surface area (Å²) in [6.45, 7) is 0. The quantitative estimate of drug-likeness (QED) is 0.859. The van der Waals surface area contributed by atoms with Crippen molar-refractivity contribution in [1.29, 1.82) is 0 Å². The van der Waals surface area contributed by atoms with Gasteiger partial charge < -0.3 is 10.4 Å². The van der Waals surface area contributed by atoms with Crippen molar-refractivity contribution in [2.75, 3.05) is 0 Å². The zero-order valence-corrected chi connectivity index (χ0v) is 13.1. The van der Waals surface area contributed by atoms with Crippen LogP contribution in [0.5, 0.6) is 0 Å². The summed E-state index contributed by atoms with van der Waals surface area (Å²) in [6.07, 6.45) is 6.10. The number of hydrogen-bond acceptors (Lipinski definition) is 4. The van der Waals surface area contributed by atoms with Gasteiger partial charge in [-0.25, -0.2) is 0 Å². The van der Waals surface area contributed by atoms with Crippen LogP contribution in [0, 0.1) is 5.92 Å². The third-order valence-corrected chi connectivity index (χ3v) is 5.06. The first-order valence-corrected chi connectivity index (χ1v) is 8.47. The minimum Gasteiger partial charge on any atom is -0.393 e. The zero-order chi connectivity index (χ0) is 15.4. The van der Waals surface area contributed by atoms with Crippen molar-refractivity contribution in [3.8, 4) is 0 Å². The molecule has 1 aliphatic carbocycles. The van der Waals surface area contributed by atoms with Crippen LogP contribution in [0.25, 0.3) is 0 Å². The molecule has 2 aromatic heterocycles. The molecule has 1 amide bonds. The molecule has 22 heavy (non-hydrogen) atoms. The number of aliphatic hydroxyl groups excluding tert-OH is 1. The van der Waals surface area contributed by atoms with Gasteiger partial charge >= 0.3 is 0 Å². The number of carbonyl (C=O) groups excluding carboxylic acids is 1. The van der Waals surface area contributed by atoms with E-state index in [9.17, 15) is 9.90 Å². The summed E-state index contributed by atoms with van der Waals surface area (Å²) < 4.78 is 0. The number of pyridine rings is 1. The molecule has 2 heterocycles. The lowest BCUT2D eigenvalue weighted by atomic mass is 9.75. The molecule has 2 N–H and O–H groups in total. The Morgan fingerprint density at radius 2 is 2.14 bits per heavy atom. The second kappa shape index (κ2) is 7.03. The van der Waals surface area contributed by atoms with E-state index in [-0.39, 0.29) is 18.1 Å². The third kappa shape index (κ3) is 3.93. The van der Waals surface area contributed by atoms with Crippen LogP contribution in [-0.4, -0.2) is 28.1 Å². The van der Waals surface area contributed by atoms with E-state index in [0.29, 0.717) is 12.3 Å². The number of nitrogens with one attached hydrogen (secondary N) is 1. The van der Waals surface area contributed by atoms with Crippen molar-refractivity contribution < 1.29 is 9.90 Å². The van der Waals surface area contributed by atoms with E-state index in [1.54, 1.807) is 23.7 Å². The van der Waals surface area contributed by atoms with Crippen LogP contribution in [0.1, 0.15) is 23.3 Å². The molecule has 116 valence electrons. The Hall–Kier alpha value is -1.72. The van der Waals surface area contributed by atoms with Gasteiger partial charge in [0.25, 0.3) is 0 Å². The van der Waals surface area contributed by atoms with Gasteiger partial charge in [-0.3, -0.25) is 9.78 Å². The van der Waals surface area contributed by atoms with Crippen molar-refractivity contribution in [2.24, 2.45) is 5.92 Å². The van der Waals surface area contributed by atoms with Crippen molar-refractivity contribution >= 4 is 17.2 Å². The number of amides is 1. The molecule has 2 aromatic rings. The van der Waals surface area contributed by atoms with Gasteiger partial charge in [0.05, 0.1) is 12.5 Å². The van der Waals surface area contributed by atoms with E-state index in [4.69, 9.17) is 0 Å². The SMILES string of the molecule is O=C(Cc1cccs1)NC(Cc1ccncc1)C1CC(O)C1. The third-order valence-electron chi connectivity index (χ3n) is 4.18. The molecule has 3 rings (SSSR count). The van der Waals surface area contributed by atoms with Gasteiger partial charge in [-0.15, -0.1) is 11.3 Å². The van der Waals surface area contributed by atoms with Crippen molar-refractivity contribution in [1.82, 2.24) is 10.3 Å². The first-order chi connectivity index (χ1) is 10.7. The Labute approximate surface area is 134 Å². The standard InChI is InChI=1S/C17H20N2O2S/c20-14-9-13(10-14)16(8-12-3-5-18-6-4-12)19-17(21)11-15-2-1-7-22-15/h1-7,13-14,16,20H,8-11H2,(H,19,21). The van der Waals surface area contributed by atoms with E-state index >= 15 is 0 Å². The van der Waals surface area contributed by atoms with Crippen LogP contribution in [0.15, 0.2) is 42.0 Å². The molecule has 1 fully saturated rings. The minimum atomic E-state index is -0.209. The molecule has 0 spiro atoms. The number of thiophene rings is 1. The Kier molecular flexibility index (Phi) is 4.85. The molecule has 0 radical (unpaired) electrons. The summed E-state index contributed by atoms with van der Waals surface area (Å²) in [5, 5.41) is 14.7. The maximum Gasteiger partial charge on any atom is 0.225 e. The topological polar surface area (TPSA) is 62.2 Å². The fourth-order valence-corrected chi connectivity index (χ4v) is 3.60. The summed E-state index contributed by atoms with van der Waals surface area (Å²) in [6, 6.07) is 7.98. The van der Waals surface area contributed by atoms with Gasteiger partial charge in [0.15, 0.2) is 0 Å². The highest BCUT2D eigenvalue weighted by Crippen LogP contribution is 2.31. The predicted octanol–water partition coefficient (Wildman–Crippen LogP) is 2.18. The number of hydrogen-bond donors (Lipinski definition) is 2. The minimum absolute atomic E-state index is 0.0582. The molecule has 0 aliphatic heterocycles. The summed E-state index contributed by atoms with van der Waals surface area (Å²) in [7, 11) is 0. The Morgan fingerprint density at radius 1 is 1.36 bits per heavy atom. The number of rotatable bonds is 6. The van der Waals surface area contributed by atoms with E-state index in [2.05, 4.69) is 10.3 Å². The van der Waals surface area contributed by atoms with E-state index in [0.717, 1.165) is 29.7 Å². The fourth-order valence-electron chi connectivity index (χ4n) is 2.90. The summed E-state index contributed by atoms with van der Waals surface area (Å²) in [5.41, 5.74) is 1.16. The van der Waals surface area contributed by atoms with E-state index in [1.165, 1.54) is 0 Å². The molecule has 5 heteroatoms. The first kappa shape index (κ1) is 15.2. The van der Waals surface area contributed by atoms with Crippen LogP contribution >= 0.6 is 11.3 Å². The maximum atomic E-state index is 12.3. The smallest absolute Gasteiger partial charge is 0.225 e. The molecule has 0 aromatic carbocycles. The van der Waals surface area contributed by atoms with Gasteiger partial charge in [-0.2, -0.15) is 0 Å². The summed E-state index contributed by atoms with van der Waals surface area (Å²) >= 11 is 1.60. The average molecular weight is 316 g/mol. The normalized spacial score (nSPS) is 21.9. The highest BCUT2D eigenvalue weighted by molar-refractivity contribution is 7.10. The Morgan fingerprint density at radius 3 is 2.77 bits per heavy atom. The van der Waals surface area contributed by atoms with Gasteiger partial charge in [0.1, 0.15) is 0 Å². The van der Waals surface area contributed by atoms with E-state index in [1.807, 2.05) is 29.6 Å². The van der Waals surface area contributed by atoms with Crippen LogP contribution < -0.4 is 5.32 Å². The average Bonchev–Trinajstić information content (AvgIpc) is 2.97. The van der Waals surface area contributed by atoms with Gasteiger partial charge in [0.2, 0.25) is 5.91 Å². The van der Waals surface area contributed by atoms with Crippen LogP contribution in [0.3, 0.4) is 0 Å². The van der Waals surface area contributed by atoms with E-state index < -0.39 is 0 Å². The summed E-state index contributed by atoms with van der Waals surface area (Å²) in [5.74, 6) is 0.415. The molecule has 0 bridgehead atoms. The second-order valence-corrected chi connectivity index (χ2v) is 6.91. The van der Waals surface area contributed by atoms with Gasteiger partial charge in [-0.1, -0.05) is 6.07 Å². The fraction of sp³-hybridized carbons (Fsp3) is 0.412. The Balaban J connectivity index is 1.62. The highest BCUT2D eigenvalue weighted by Gasteiger charge is 2.34. The highest BCUT2D eigenvalue weighted by atomic mass is 32.1. The van der Waals surface area contributed by atoms with Crippen LogP contribution in [-0.2, 0) is 17.6 Å². The number of carbonyl (C=O) groups is 1. The number of aliphatic hydroxyl groups is 1. The summed E-state index contributed by atoms with van der Waals surface area (Å²) in [4.78, 5) is 17.4. The second-order valence-electron chi connectivity index (χ2n) is 5.88. The molecule has 4 nitrogen and oxygen atoms in total. The molecular formula is C17H20N2O2S. The Bertz CT molecular complexity index is 594. The van der Waals surface area contributed by atoms with Crippen molar-refractivity contribution in [2.45, 2.75) is 37.8 Å². The van der Waals surface area contributed by atoms with Crippen molar-refractivity contribution in [3.63, 3.8) is 0 Å². The lowest BCUT2D eigenvalue weighted by Crippen LogP contribution is -2.48. The molecule has 1 aliphatic rings. The molecule has 1 saturated carbocycles. The molecule has 1 unspecified atom stereocenters. The molecule has 1 atom stereocenters. The molecule has 0 saturated heterocycles. The first-order valence-electron chi connectivity index (χ1n) is 7.59. The van der Waals surface area contributed by atoms with Crippen LogP contribution in [0.4, 0.5) is 0 Å². The lowest BCUT2D eigenvalue weighted by molar-refractivity contribution is -0.122. The van der Waals surface area contributed by atoms with Gasteiger partial charge in [-0.05, 0) is 54.3 Å². The largest absolute Gasteiger partial charge is 0.393 e. The van der Waals surface area contributed by atoms with Gasteiger partial charge in [0, 0.05) is 23.3 Å². The number of nitrogens with zero attached hydrogens (tertiary/aromatic N) is 1. The predicted molar refractivity (Wildman–Crippen MR) is 86.6 cm³/mol. The van der Waals surface area contributed by atoms with Crippen LogP contribution in [0.2, 0.25) is 0 Å². The number of aromatic nitrogens is 1. The lowest BCUT2D eigenvalue weighted by Gasteiger charge is -2.38.